The average molecular weight is 392 g/mol. The molecule has 8 nitrogen and oxygen atoms in total. The first-order chi connectivity index (χ1) is 12.8. The molecule has 0 aliphatic carbocycles. The molecule has 3 rings (SSSR count). The van der Waals surface area contributed by atoms with Gasteiger partial charge < -0.3 is 9.84 Å². The minimum absolute atomic E-state index is 0.0189. The zero-order chi connectivity index (χ0) is 19.8. The Balaban J connectivity index is 2.14. The molecule has 1 aliphatic heterocycles. The zero-order valence-electron chi connectivity index (χ0n) is 15.0. The molecule has 1 fully saturated rings. The lowest BCUT2D eigenvalue weighted by molar-refractivity contribution is -0.144. The molecule has 0 spiro atoms. The first-order valence-corrected chi connectivity index (χ1v) is 9.93. The Bertz CT molecular complexity index is 1000. The van der Waals surface area contributed by atoms with Gasteiger partial charge >= 0.3 is 11.9 Å². The Morgan fingerprint density at radius 1 is 1.26 bits per heavy atom. The molecular formula is C18H20N2O6S. The van der Waals surface area contributed by atoms with Crippen molar-refractivity contribution in [3.63, 3.8) is 0 Å². The van der Waals surface area contributed by atoms with Crippen molar-refractivity contribution in [2.45, 2.75) is 30.7 Å². The molecular weight excluding hydrogens is 372 g/mol. The minimum atomic E-state index is -3.96. The van der Waals surface area contributed by atoms with Gasteiger partial charge in [0.15, 0.2) is 5.69 Å². The number of hydrogen-bond acceptors (Lipinski definition) is 6. The smallest absolute Gasteiger partial charge is 0.357 e. The molecule has 2 heterocycles. The molecule has 1 aromatic carbocycles. The third-order valence-corrected chi connectivity index (χ3v) is 7.02. The van der Waals surface area contributed by atoms with Gasteiger partial charge in [-0.2, -0.15) is 4.31 Å². The minimum Gasteiger partial charge on any atom is -0.481 e. The number of aromatic nitrogens is 1. The van der Waals surface area contributed by atoms with Crippen LogP contribution in [0, 0.1) is 5.92 Å². The Kier molecular flexibility index (Phi) is 5.16. The van der Waals surface area contributed by atoms with Gasteiger partial charge in [0, 0.05) is 29.6 Å². The first-order valence-electron chi connectivity index (χ1n) is 8.49. The van der Waals surface area contributed by atoms with Crippen molar-refractivity contribution in [2.75, 3.05) is 13.7 Å². The van der Waals surface area contributed by atoms with Gasteiger partial charge in [0.1, 0.15) is 0 Å². The van der Waals surface area contributed by atoms with Gasteiger partial charge in [-0.3, -0.25) is 4.79 Å². The molecule has 0 amide bonds. The maximum Gasteiger partial charge on any atom is 0.357 e. The number of aliphatic carboxylic acids is 1. The van der Waals surface area contributed by atoms with Crippen LogP contribution in [0.3, 0.4) is 0 Å². The summed E-state index contributed by atoms with van der Waals surface area (Å²) in [5.74, 6) is -2.42. The van der Waals surface area contributed by atoms with Crippen molar-refractivity contribution in [3.05, 3.63) is 36.2 Å². The fourth-order valence-electron chi connectivity index (χ4n) is 3.57. The van der Waals surface area contributed by atoms with Crippen LogP contribution in [0.1, 0.15) is 30.3 Å². The predicted molar refractivity (Wildman–Crippen MR) is 96.8 cm³/mol. The molecule has 1 aliphatic rings. The Labute approximate surface area is 156 Å². The van der Waals surface area contributed by atoms with Crippen LogP contribution in [-0.2, 0) is 19.6 Å². The highest BCUT2D eigenvalue weighted by Crippen LogP contribution is 2.33. The van der Waals surface area contributed by atoms with Crippen molar-refractivity contribution < 1.29 is 27.9 Å². The number of piperidine rings is 1. The molecule has 0 saturated carbocycles. The maximum absolute atomic E-state index is 13.3. The highest BCUT2D eigenvalue weighted by molar-refractivity contribution is 7.89. The highest BCUT2D eigenvalue weighted by Gasteiger charge is 2.40. The molecule has 0 bridgehead atoms. The number of fused-ring (bicyclic) bond motifs is 1. The van der Waals surface area contributed by atoms with Gasteiger partial charge in [0.25, 0.3) is 0 Å². The van der Waals surface area contributed by atoms with Crippen molar-refractivity contribution in [2.24, 2.45) is 5.92 Å². The Hall–Kier alpha value is -2.52. The third kappa shape index (κ3) is 3.28. The molecule has 0 radical (unpaired) electrons. The quantitative estimate of drug-likeness (QED) is 0.790. The summed E-state index contributed by atoms with van der Waals surface area (Å²) in [6.07, 6.45) is 2.27. The summed E-state index contributed by atoms with van der Waals surface area (Å²) in [4.78, 5) is 27.4. The number of carbonyl (C=O) groups is 2. The summed E-state index contributed by atoms with van der Waals surface area (Å²) in [7, 11) is -2.74. The predicted octanol–water partition coefficient (Wildman–Crippen LogP) is 1.90. The molecule has 2 atom stereocenters. The molecule has 144 valence electrons. The number of carbonyl (C=O) groups excluding carboxylic acids is 1. The van der Waals surface area contributed by atoms with E-state index in [1.165, 1.54) is 35.8 Å². The summed E-state index contributed by atoms with van der Waals surface area (Å²) in [5, 5.41) is 10.1. The summed E-state index contributed by atoms with van der Waals surface area (Å²) >= 11 is 0. The van der Waals surface area contributed by atoms with Crippen LogP contribution in [0.5, 0.6) is 0 Å². The van der Waals surface area contributed by atoms with E-state index in [1.54, 1.807) is 13.0 Å². The van der Waals surface area contributed by atoms with Crippen LogP contribution in [-0.4, -0.2) is 54.4 Å². The molecule has 9 heteroatoms. The van der Waals surface area contributed by atoms with E-state index in [0.717, 1.165) is 0 Å². The van der Waals surface area contributed by atoms with Gasteiger partial charge in [-0.05, 0) is 31.9 Å². The SMILES string of the molecule is COC(=O)c1nccc2c(S(=O)(=O)N3CCC[C@H](C(=O)O)[C@@H]3C)cccc12. The van der Waals surface area contributed by atoms with Crippen LogP contribution in [0.4, 0.5) is 0 Å². The van der Waals surface area contributed by atoms with Crippen molar-refractivity contribution in [1.82, 2.24) is 9.29 Å². The van der Waals surface area contributed by atoms with Crippen LogP contribution in [0.15, 0.2) is 35.4 Å². The number of sulfonamides is 1. The second-order valence-electron chi connectivity index (χ2n) is 6.45. The fraction of sp³-hybridized carbons (Fsp3) is 0.389. The summed E-state index contributed by atoms with van der Waals surface area (Å²) in [6.45, 7) is 1.86. The Morgan fingerprint density at radius 3 is 2.67 bits per heavy atom. The van der Waals surface area contributed by atoms with E-state index in [2.05, 4.69) is 4.98 Å². The van der Waals surface area contributed by atoms with Crippen LogP contribution >= 0.6 is 0 Å². The fourth-order valence-corrected chi connectivity index (χ4v) is 5.48. The second kappa shape index (κ2) is 7.24. The molecule has 1 aromatic heterocycles. The van der Waals surface area contributed by atoms with Gasteiger partial charge in [0.2, 0.25) is 10.0 Å². The van der Waals surface area contributed by atoms with Crippen LogP contribution in [0.2, 0.25) is 0 Å². The first kappa shape index (κ1) is 19.2. The number of carboxylic acid groups (broad SMARTS) is 1. The van der Waals surface area contributed by atoms with Gasteiger partial charge in [-0.1, -0.05) is 12.1 Å². The van der Waals surface area contributed by atoms with Gasteiger partial charge in [-0.15, -0.1) is 0 Å². The summed E-state index contributed by atoms with van der Waals surface area (Å²) in [5.41, 5.74) is 0.0298. The van der Waals surface area contributed by atoms with Crippen LogP contribution < -0.4 is 0 Å². The number of rotatable bonds is 4. The van der Waals surface area contributed by atoms with Crippen molar-refractivity contribution >= 4 is 32.7 Å². The summed E-state index contributed by atoms with van der Waals surface area (Å²) < 4.78 is 32.6. The molecule has 1 saturated heterocycles. The van der Waals surface area contributed by atoms with E-state index in [4.69, 9.17) is 4.74 Å². The van der Waals surface area contributed by atoms with E-state index in [0.29, 0.717) is 23.6 Å². The summed E-state index contributed by atoms with van der Waals surface area (Å²) in [6, 6.07) is 5.45. The van der Waals surface area contributed by atoms with Gasteiger partial charge in [0.05, 0.1) is 17.9 Å². The number of esters is 1. The van der Waals surface area contributed by atoms with Crippen molar-refractivity contribution in [3.8, 4) is 0 Å². The van der Waals surface area contributed by atoms with E-state index in [9.17, 15) is 23.1 Å². The number of benzene rings is 1. The second-order valence-corrected chi connectivity index (χ2v) is 8.30. The lowest BCUT2D eigenvalue weighted by atomic mass is 9.92. The molecule has 27 heavy (non-hydrogen) atoms. The molecule has 2 aromatic rings. The molecule has 0 unspecified atom stereocenters. The highest BCUT2D eigenvalue weighted by atomic mass is 32.2. The number of pyridine rings is 1. The zero-order valence-corrected chi connectivity index (χ0v) is 15.8. The topological polar surface area (TPSA) is 114 Å². The number of ether oxygens (including phenoxy) is 1. The van der Waals surface area contributed by atoms with E-state index in [-0.39, 0.29) is 17.1 Å². The molecule has 1 N–H and O–H groups in total. The maximum atomic E-state index is 13.3. The third-order valence-electron chi connectivity index (χ3n) is 4.98. The number of nitrogens with zero attached hydrogens (tertiary/aromatic N) is 2. The standard InChI is InChI=1S/C18H20N2O6S/c1-11-12(17(21)22)6-4-10-20(11)27(24,25)15-7-3-5-14-13(15)8-9-19-16(14)18(23)26-2/h3,5,7-9,11-12H,4,6,10H2,1-2H3,(H,21,22)/t11-,12-/m0/s1. The van der Waals surface area contributed by atoms with E-state index < -0.39 is 33.9 Å². The number of carboxylic acids is 1. The lowest BCUT2D eigenvalue weighted by Gasteiger charge is -2.36. The van der Waals surface area contributed by atoms with Crippen molar-refractivity contribution in [1.29, 1.82) is 0 Å². The largest absolute Gasteiger partial charge is 0.481 e. The lowest BCUT2D eigenvalue weighted by Crippen LogP contribution is -2.49. The van der Waals surface area contributed by atoms with E-state index in [1.807, 2.05) is 0 Å². The average Bonchev–Trinajstić information content (AvgIpc) is 2.66. The monoisotopic (exact) mass is 392 g/mol. The number of hydrogen-bond donors (Lipinski definition) is 1. The van der Waals surface area contributed by atoms with Crippen LogP contribution in [0.25, 0.3) is 10.8 Å². The Morgan fingerprint density at radius 2 is 2.00 bits per heavy atom. The normalized spacial score (nSPS) is 21.1. The van der Waals surface area contributed by atoms with Gasteiger partial charge in [-0.25, -0.2) is 18.2 Å². The number of methoxy groups -OCH3 is 1. The van der Waals surface area contributed by atoms with E-state index >= 15 is 0 Å².